The largest absolute Gasteiger partial charge is 0.416 e. The van der Waals surface area contributed by atoms with Crippen LogP contribution in [0.2, 0.25) is 0 Å². The van der Waals surface area contributed by atoms with E-state index in [1.807, 2.05) is 0 Å². The Morgan fingerprint density at radius 1 is 1.27 bits per heavy atom. The molecule has 10 heteroatoms. The summed E-state index contributed by atoms with van der Waals surface area (Å²) in [6.45, 7) is 0.110. The van der Waals surface area contributed by atoms with E-state index in [0.717, 1.165) is 12.1 Å². The van der Waals surface area contributed by atoms with E-state index in [2.05, 4.69) is 9.71 Å². The molecule has 0 saturated heterocycles. The first kappa shape index (κ1) is 18.2. The molecule has 0 spiro atoms. The zero-order valence-corrected chi connectivity index (χ0v) is 14.1. The van der Waals surface area contributed by atoms with E-state index in [1.165, 1.54) is 30.5 Å². The summed E-state index contributed by atoms with van der Waals surface area (Å²) in [6.07, 6.45) is -0.151. The molecule has 0 aromatic heterocycles. The average molecular weight is 385 g/mol. The third kappa shape index (κ3) is 4.13. The minimum Gasteiger partial charge on any atom is -0.348 e. The maximum Gasteiger partial charge on any atom is 0.416 e. The van der Waals surface area contributed by atoms with Crippen LogP contribution in [0.1, 0.15) is 11.1 Å². The highest BCUT2D eigenvalue weighted by molar-refractivity contribution is 7.90. The molecule has 6 nitrogen and oxygen atoms in total. The van der Waals surface area contributed by atoms with Crippen LogP contribution in [0, 0.1) is 0 Å². The van der Waals surface area contributed by atoms with Gasteiger partial charge in [-0.2, -0.15) is 13.2 Å². The van der Waals surface area contributed by atoms with Crippen LogP contribution in [0.15, 0.2) is 52.6 Å². The number of amidine groups is 1. The SMILES string of the molecule is O=C(NCc1cccc(C(F)(F)F)c1)C1=CN2CCS(=O)(=O)N=C2C=C1. The second-order valence-corrected chi connectivity index (χ2v) is 7.48. The summed E-state index contributed by atoms with van der Waals surface area (Å²) >= 11 is 0. The zero-order valence-electron chi connectivity index (χ0n) is 13.3. The molecule has 2 aliphatic rings. The number of benzene rings is 1. The zero-order chi connectivity index (χ0) is 18.9. The van der Waals surface area contributed by atoms with Gasteiger partial charge in [0.1, 0.15) is 5.84 Å². The third-order valence-electron chi connectivity index (χ3n) is 3.79. The van der Waals surface area contributed by atoms with Gasteiger partial charge < -0.3 is 10.2 Å². The second kappa shape index (κ2) is 6.60. The number of alkyl halides is 3. The average Bonchev–Trinajstić information content (AvgIpc) is 2.58. The van der Waals surface area contributed by atoms with Crippen molar-refractivity contribution in [3.8, 4) is 0 Å². The number of amides is 1. The van der Waals surface area contributed by atoms with Crippen LogP contribution in [0.5, 0.6) is 0 Å². The summed E-state index contributed by atoms with van der Waals surface area (Å²) in [7, 11) is -3.48. The molecule has 1 N–H and O–H groups in total. The molecule has 3 rings (SSSR count). The number of fused-ring (bicyclic) bond motifs is 1. The van der Waals surface area contributed by atoms with Gasteiger partial charge >= 0.3 is 6.18 Å². The predicted octanol–water partition coefficient (Wildman–Crippen LogP) is 1.82. The highest BCUT2D eigenvalue weighted by Gasteiger charge is 2.30. The fraction of sp³-hybridized carbons (Fsp3) is 0.250. The summed E-state index contributed by atoms with van der Waals surface area (Å²) in [5.41, 5.74) is -0.202. The Hall–Kier alpha value is -2.62. The highest BCUT2D eigenvalue weighted by atomic mass is 32.2. The number of nitrogens with one attached hydrogen (secondary N) is 1. The molecule has 0 aliphatic carbocycles. The van der Waals surface area contributed by atoms with Gasteiger partial charge in [-0.1, -0.05) is 12.1 Å². The van der Waals surface area contributed by atoms with Gasteiger partial charge in [0.15, 0.2) is 0 Å². The van der Waals surface area contributed by atoms with Crippen LogP contribution in [-0.2, 0) is 27.5 Å². The van der Waals surface area contributed by atoms with Crippen molar-refractivity contribution < 1.29 is 26.4 Å². The van der Waals surface area contributed by atoms with E-state index in [9.17, 15) is 26.4 Å². The van der Waals surface area contributed by atoms with Gasteiger partial charge in [0.25, 0.3) is 15.9 Å². The Kier molecular flexibility index (Phi) is 4.61. The first-order chi connectivity index (χ1) is 12.1. The van der Waals surface area contributed by atoms with Crippen molar-refractivity contribution in [2.24, 2.45) is 4.40 Å². The lowest BCUT2D eigenvalue weighted by Gasteiger charge is -2.26. The van der Waals surface area contributed by atoms with E-state index >= 15 is 0 Å². The summed E-state index contributed by atoms with van der Waals surface area (Å²) in [4.78, 5) is 13.8. The molecule has 2 heterocycles. The van der Waals surface area contributed by atoms with Crippen molar-refractivity contribution in [1.29, 1.82) is 0 Å². The van der Waals surface area contributed by atoms with Gasteiger partial charge in [-0.3, -0.25) is 4.79 Å². The first-order valence-corrected chi connectivity index (χ1v) is 9.18. The normalized spacial score (nSPS) is 18.7. The van der Waals surface area contributed by atoms with E-state index in [-0.39, 0.29) is 30.3 Å². The second-order valence-electron chi connectivity index (χ2n) is 5.73. The number of carbonyl (C=O) groups excluding carboxylic acids is 1. The lowest BCUT2D eigenvalue weighted by molar-refractivity contribution is -0.137. The van der Waals surface area contributed by atoms with Crippen molar-refractivity contribution >= 4 is 21.8 Å². The standard InChI is InChI=1S/C16H14F3N3O3S/c17-16(18,19)13-3-1-2-11(8-13)9-20-15(23)12-4-5-14-21-26(24,25)7-6-22(14)10-12/h1-5,8,10H,6-7,9H2,(H,20,23). The maximum atomic E-state index is 12.7. The Bertz CT molecular complexity index is 934. The Balaban J connectivity index is 1.67. The third-order valence-corrected chi connectivity index (χ3v) is 4.96. The maximum absolute atomic E-state index is 12.7. The van der Waals surface area contributed by atoms with Crippen molar-refractivity contribution in [2.45, 2.75) is 12.7 Å². The Morgan fingerprint density at radius 3 is 2.77 bits per heavy atom. The summed E-state index contributed by atoms with van der Waals surface area (Å²) in [6, 6.07) is 4.70. The smallest absolute Gasteiger partial charge is 0.348 e. The minimum absolute atomic E-state index is 0.0662. The highest BCUT2D eigenvalue weighted by Crippen LogP contribution is 2.29. The number of hydrogen-bond acceptors (Lipinski definition) is 4. The number of halogens is 3. The molecule has 1 amide bonds. The Labute approximate surface area is 147 Å². The summed E-state index contributed by atoms with van der Waals surface area (Å²) < 4.78 is 64.6. The van der Waals surface area contributed by atoms with Gasteiger partial charge in [-0.25, -0.2) is 8.42 Å². The first-order valence-electron chi connectivity index (χ1n) is 7.58. The molecule has 1 aromatic rings. The van der Waals surface area contributed by atoms with Crippen LogP contribution in [-0.4, -0.2) is 37.4 Å². The van der Waals surface area contributed by atoms with E-state index < -0.39 is 27.7 Å². The molecule has 0 bridgehead atoms. The van der Waals surface area contributed by atoms with Crippen LogP contribution >= 0.6 is 0 Å². The van der Waals surface area contributed by atoms with E-state index in [1.54, 1.807) is 4.90 Å². The van der Waals surface area contributed by atoms with E-state index in [0.29, 0.717) is 5.56 Å². The number of sulfonamides is 1. The molecular formula is C16H14F3N3O3S. The molecule has 0 atom stereocenters. The lowest BCUT2D eigenvalue weighted by Crippen LogP contribution is -2.38. The van der Waals surface area contributed by atoms with Gasteiger partial charge in [0.05, 0.1) is 16.9 Å². The molecular weight excluding hydrogens is 371 g/mol. The van der Waals surface area contributed by atoms with Gasteiger partial charge in [0.2, 0.25) is 0 Å². The van der Waals surface area contributed by atoms with E-state index in [4.69, 9.17) is 0 Å². The molecule has 0 fully saturated rings. The van der Waals surface area contributed by atoms with Crippen molar-refractivity contribution in [3.05, 3.63) is 59.3 Å². The molecule has 2 aliphatic heterocycles. The fourth-order valence-electron chi connectivity index (χ4n) is 2.48. The molecule has 0 radical (unpaired) electrons. The van der Waals surface area contributed by atoms with Crippen molar-refractivity contribution in [3.63, 3.8) is 0 Å². The molecule has 26 heavy (non-hydrogen) atoms. The summed E-state index contributed by atoms with van der Waals surface area (Å²) in [5, 5.41) is 2.55. The molecule has 0 saturated carbocycles. The van der Waals surface area contributed by atoms with Crippen LogP contribution in [0.4, 0.5) is 13.2 Å². The number of carbonyl (C=O) groups is 1. The summed E-state index contributed by atoms with van der Waals surface area (Å²) in [5.74, 6) is -0.406. The van der Waals surface area contributed by atoms with Crippen molar-refractivity contribution in [1.82, 2.24) is 10.2 Å². The van der Waals surface area contributed by atoms with Crippen LogP contribution < -0.4 is 5.32 Å². The number of nitrogens with zero attached hydrogens (tertiary/aromatic N) is 2. The predicted molar refractivity (Wildman–Crippen MR) is 88.4 cm³/mol. The topological polar surface area (TPSA) is 78.8 Å². The van der Waals surface area contributed by atoms with Crippen LogP contribution in [0.25, 0.3) is 0 Å². The molecule has 138 valence electrons. The van der Waals surface area contributed by atoms with Gasteiger partial charge in [-0.05, 0) is 29.8 Å². The minimum atomic E-state index is -4.45. The quantitative estimate of drug-likeness (QED) is 0.861. The fourth-order valence-corrected chi connectivity index (χ4v) is 3.45. The van der Waals surface area contributed by atoms with Gasteiger partial charge in [-0.15, -0.1) is 4.40 Å². The number of hydrogen-bond donors (Lipinski definition) is 1. The van der Waals surface area contributed by atoms with Gasteiger partial charge in [0, 0.05) is 19.3 Å². The molecule has 0 unspecified atom stereocenters. The Morgan fingerprint density at radius 2 is 2.04 bits per heavy atom. The number of rotatable bonds is 3. The molecule has 1 aromatic carbocycles. The monoisotopic (exact) mass is 385 g/mol. The van der Waals surface area contributed by atoms with Crippen molar-refractivity contribution in [2.75, 3.05) is 12.3 Å². The van der Waals surface area contributed by atoms with Crippen LogP contribution in [0.3, 0.4) is 0 Å². The lowest BCUT2D eigenvalue weighted by atomic mass is 10.1.